The Hall–Kier alpha value is -2.30. The molecule has 0 atom stereocenters. The first-order valence-corrected chi connectivity index (χ1v) is 5.77. The molecule has 0 aliphatic carbocycles. The van der Waals surface area contributed by atoms with Crippen LogP contribution in [-0.4, -0.2) is 21.9 Å². The summed E-state index contributed by atoms with van der Waals surface area (Å²) in [5.74, 6) is 0.522. The third-order valence-electron chi connectivity index (χ3n) is 2.60. The summed E-state index contributed by atoms with van der Waals surface area (Å²) in [6, 6.07) is 5.25. The maximum Gasteiger partial charge on any atom is 0.261 e. The van der Waals surface area contributed by atoms with Crippen molar-refractivity contribution >= 4 is 17.4 Å². The quantitative estimate of drug-likeness (QED) is 0.867. The molecule has 0 radical (unpaired) electrons. The van der Waals surface area contributed by atoms with E-state index in [0.29, 0.717) is 17.1 Å². The number of nitrogens with two attached hydrogens (primary N) is 1. The van der Waals surface area contributed by atoms with Gasteiger partial charge in [0.2, 0.25) is 0 Å². The molecule has 5 nitrogen and oxygen atoms in total. The van der Waals surface area contributed by atoms with Crippen LogP contribution in [0.1, 0.15) is 24.2 Å². The van der Waals surface area contributed by atoms with E-state index in [4.69, 9.17) is 5.73 Å². The second-order valence-corrected chi connectivity index (χ2v) is 4.32. The Morgan fingerprint density at radius 3 is 2.67 bits per heavy atom. The summed E-state index contributed by atoms with van der Waals surface area (Å²) in [5.41, 5.74) is 6.80. The van der Waals surface area contributed by atoms with E-state index in [1.54, 1.807) is 41.7 Å². The Morgan fingerprint density at radius 1 is 1.39 bits per heavy atom. The molecule has 3 N–H and O–H groups in total. The molecule has 0 aliphatic heterocycles. The molecule has 0 aromatic carbocycles. The maximum absolute atomic E-state index is 12.4. The zero-order valence-corrected chi connectivity index (χ0v) is 10.4. The fourth-order valence-electron chi connectivity index (χ4n) is 1.74. The molecule has 2 aromatic heterocycles. The summed E-state index contributed by atoms with van der Waals surface area (Å²) >= 11 is 0. The van der Waals surface area contributed by atoms with Gasteiger partial charge in [-0.2, -0.15) is 0 Å². The zero-order chi connectivity index (χ0) is 13.1. The number of aromatic amines is 1. The highest BCUT2D eigenvalue weighted by molar-refractivity contribution is 6.05. The standard InChI is InChI=1S/C13H16N4O/c1-9(2)17(12-4-3-11(14)8-16-12)13(18)10-5-6-15-7-10/h3-9,15H,14H2,1-2H3. The normalized spacial score (nSPS) is 10.6. The van der Waals surface area contributed by atoms with E-state index in [-0.39, 0.29) is 11.9 Å². The van der Waals surface area contributed by atoms with Gasteiger partial charge in [0.15, 0.2) is 0 Å². The van der Waals surface area contributed by atoms with Crippen LogP contribution in [0.4, 0.5) is 11.5 Å². The Balaban J connectivity index is 2.34. The van der Waals surface area contributed by atoms with Gasteiger partial charge in [0.05, 0.1) is 17.4 Å². The number of hydrogen-bond acceptors (Lipinski definition) is 3. The van der Waals surface area contributed by atoms with Crippen LogP contribution in [0, 0.1) is 0 Å². The lowest BCUT2D eigenvalue weighted by Gasteiger charge is -2.25. The van der Waals surface area contributed by atoms with Gasteiger partial charge in [-0.1, -0.05) is 0 Å². The summed E-state index contributed by atoms with van der Waals surface area (Å²) < 4.78 is 0. The number of nitrogen functional groups attached to an aromatic ring is 1. The van der Waals surface area contributed by atoms with Gasteiger partial charge < -0.3 is 10.7 Å². The third kappa shape index (κ3) is 2.34. The maximum atomic E-state index is 12.4. The van der Waals surface area contributed by atoms with Gasteiger partial charge in [-0.3, -0.25) is 9.69 Å². The Bertz CT molecular complexity index is 516. The highest BCUT2D eigenvalue weighted by Crippen LogP contribution is 2.18. The second kappa shape index (κ2) is 4.91. The van der Waals surface area contributed by atoms with Crippen LogP contribution in [0.2, 0.25) is 0 Å². The molecule has 0 saturated heterocycles. The smallest absolute Gasteiger partial charge is 0.261 e. The Labute approximate surface area is 106 Å². The number of nitrogens with one attached hydrogen (secondary N) is 1. The van der Waals surface area contributed by atoms with Gasteiger partial charge in [0.1, 0.15) is 5.82 Å². The van der Waals surface area contributed by atoms with Crippen LogP contribution >= 0.6 is 0 Å². The topological polar surface area (TPSA) is 75.0 Å². The van der Waals surface area contributed by atoms with Crippen LogP contribution in [0.3, 0.4) is 0 Å². The summed E-state index contributed by atoms with van der Waals surface area (Å²) in [6.07, 6.45) is 4.95. The summed E-state index contributed by atoms with van der Waals surface area (Å²) in [5, 5.41) is 0. The van der Waals surface area contributed by atoms with E-state index in [1.807, 2.05) is 13.8 Å². The van der Waals surface area contributed by atoms with E-state index in [9.17, 15) is 4.79 Å². The van der Waals surface area contributed by atoms with Crippen LogP contribution in [0.5, 0.6) is 0 Å². The first-order valence-electron chi connectivity index (χ1n) is 5.77. The lowest BCUT2D eigenvalue weighted by atomic mass is 10.2. The molecule has 2 rings (SSSR count). The van der Waals surface area contributed by atoms with E-state index in [2.05, 4.69) is 9.97 Å². The zero-order valence-electron chi connectivity index (χ0n) is 10.4. The number of anilines is 2. The number of nitrogens with zero attached hydrogens (tertiary/aromatic N) is 2. The molecule has 0 bridgehead atoms. The largest absolute Gasteiger partial charge is 0.397 e. The average Bonchev–Trinajstić information content (AvgIpc) is 2.85. The molecule has 2 heterocycles. The lowest BCUT2D eigenvalue weighted by molar-refractivity contribution is 0.0979. The highest BCUT2D eigenvalue weighted by Gasteiger charge is 2.21. The number of H-pyrrole nitrogens is 1. The molecule has 1 amide bonds. The molecular formula is C13H16N4O. The van der Waals surface area contributed by atoms with Gasteiger partial charge in [0.25, 0.3) is 5.91 Å². The van der Waals surface area contributed by atoms with Crippen LogP contribution in [-0.2, 0) is 0 Å². The van der Waals surface area contributed by atoms with Crippen molar-refractivity contribution < 1.29 is 4.79 Å². The fourth-order valence-corrected chi connectivity index (χ4v) is 1.74. The molecule has 0 unspecified atom stereocenters. The number of hydrogen-bond donors (Lipinski definition) is 2. The minimum absolute atomic E-state index is 0.0172. The predicted molar refractivity (Wildman–Crippen MR) is 71.4 cm³/mol. The van der Waals surface area contributed by atoms with Crippen molar-refractivity contribution in [1.29, 1.82) is 0 Å². The Kier molecular flexibility index (Phi) is 3.32. The number of carbonyl (C=O) groups is 1. The third-order valence-corrected chi connectivity index (χ3v) is 2.60. The molecule has 5 heteroatoms. The summed E-state index contributed by atoms with van der Waals surface area (Å²) in [6.45, 7) is 3.89. The van der Waals surface area contributed by atoms with Gasteiger partial charge in [-0.25, -0.2) is 4.98 Å². The minimum Gasteiger partial charge on any atom is -0.397 e. The monoisotopic (exact) mass is 244 g/mol. The molecule has 0 saturated carbocycles. The highest BCUT2D eigenvalue weighted by atomic mass is 16.2. The van der Waals surface area contributed by atoms with Crippen LogP contribution in [0.25, 0.3) is 0 Å². The SMILES string of the molecule is CC(C)N(C(=O)c1cc[nH]c1)c1ccc(N)cn1. The minimum atomic E-state index is -0.0801. The summed E-state index contributed by atoms with van der Waals surface area (Å²) in [4.78, 5) is 21.1. The molecular weight excluding hydrogens is 228 g/mol. The van der Waals surface area contributed by atoms with Crippen LogP contribution in [0.15, 0.2) is 36.8 Å². The number of rotatable bonds is 3. The van der Waals surface area contributed by atoms with E-state index < -0.39 is 0 Å². The van der Waals surface area contributed by atoms with E-state index >= 15 is 0 Å². The van der Waals surface area contributed by atoms with Gasteiger partial charge >= 0.3 is 0 Å². The summed E-state index contributed by atoms with van der Waals surface area (Å²) in [7, 11) is 0. The predicted octanol–water partition coefficient (Wildman–Crippen LogP) is 2.05. The van der Waals surface area contributed by atoms with Gasteiger partial charge in [-0.05, 0) is 32.0 Å². The van der Waals surface area contributed by atoms with Crippen molar-refractivity contribution in [3.05, 3.63) is 42.4 Å². The fraction of sp³-hybridized carbons (Fsp3) is 0.231. The van der Waals surface area contributed by atoms with Crippen molar-refractivity contribution in [3.63, 3.8) is 0 Å². The van der Waals surface area contributed by atoms with Gasteiger partial charge in [-0.15, -0.1) is 0 Å². The number of carbonyl (C=O) groups excluding carboxylic acids is 1. The molecule has 0 fully saturated rings. The van der Waals surface area contributed by atoms with E-state index in [1.165, 1.54) is 0 Å². The number of aromatic nitrogens is 2. The van der Waals surface area contributed by atoms with Crippen molar-refractivity contribution in [2.24, 2.45) is 0 Å². The molecule has 94 valence electrons. The van der Waals surface area contributed by atoms with Crippen molar-refractivity contribution in [1.82, 2.24) is 9.97 Å². The van der Waals surface area contributed by atoms with E-state index in [0.717, 1.165) is 0 Å². The average molecular weight is 244 g/mol. The number of pyridine rings is 1. The van der Waals surface area contributed by atoms with Crippen molar-refractivity contribution in [3.8, 4) is 0 Å². The lowest BCUT2D eigenvalue weighted by Crippen LogP contribution is -2.37. The van der Waals surface area contributed by atoms with Crippen molar-refractivity contribution in [2.45, 2.75) is 19.9 Å². The molecule has 2 aromatic rings. The molecule has 0 aliphatic rings. The van der Waals surface area contributed by atoms with Crippen molar-refractivity contribution in [2.75, 3.05) is 10.6 Å². The second-order valence-electron chi connectivity index (χ2n) is 4.32. The van der Waals surface area contributed by atoms with Gasteiger partial charge in [0, 0.05) is 18.4 Å². The number of amides is 1. The Morgan fingerprint density at radius 2 is 2.17 bits per heavy atom. The first kappa shape index (κ1) is 12.2. The van der Waals surface area contributed by atoms with Crippen LogP contribution < -0.4 is 10.6 Å². The molecule has 18 heavy (non-hydrogen) atoms. The first-order chi connectivity index (χ1) is 8.59. The molecule has 0 spiro atoms.